The number of benzene rings is 1. The average molecular weight is 349 g/mol. The van der Waals surface area contributed by atoms with E-state index < -0.39 is 0 Å². The highest BCUT2D eigenvalue weighted by Crippen LogP contribution is 2.22. The Kier molecular flexibility index (Phi) is 4.35. The molecule has 0 atom stereocenters. The van der Waals surface area contributed by atoms with Gasteiger partial charge in [-0.05, 0) is 24.6 Å². The second-order valence-corrected chi connectivity index (χ2v) is 6.20. The van der Waals surface area contributed by atoms with Gasteiger partial charge in [0.25, 0.3) is 0 Å². The van der Waals surface area contributed by atoms with Gasteiger partial charge in [0.05, 0.1) is 5.75 Å². The van der Waals surface area contributed by atoms with Crippen molar-refractivity contribution in [2.45, 2.75) is 12.1 Å². The maximum Gasteiger partial charge on any atom is 0.234 e. The molecule has 1 amide bonds. The number of carbonyl (C=O) groups is 1. The number of aromatic amines is 1. The summed E-state index contributed by atoms with van der Waals surface area (Å²) >= 11 is 7.19. The van der Waals surface area contributed by atoms with Crippen LogP contribution in [-0.4, -0.2) is 31.6 Å². The first kappa shape index (κ1) is 15.6. The van der Waals surface area contributed by atoms with Gasteiger partial charge in [-0.1, -0.05) is 29.4 Å². The summed E-state index contributed by atoms with van der Waals surface area (Å²) < 4.78 is 0. The lowest BCUT2D eigenvalue weighted by molar-refractivity contribution is -0.113. The molecular weight excluding hydrogens is 336 g/mol. The Balaban J connectivity index is 1.66. The van der Waals surface area contributed by atoms with Gasteiger partial charge in [0, 0.05) is 10.7 Å². The molecule has 0 bridgehead atoms. The molecule has 2 heterocycles. The number of nitrogens with zero attached hydrogens (tertiary/aromatic N) is 3. The highest BCUT2D eigenvalue weighted by Gasteiger charge is 2.11. The molecule has 118 valence electrons. The quantitative estimate of drug-likeness (QED) is 0.625. The van der Waals surface area contributed by atoms with Gasteiger partial charge >= 0.3 is 0 Å². The Morgan fingerprint density at radius 3 is 3.04 bits per heavy atom. The SMILES string of the molecule is Cc1ccc(Cl)cc1NC(=O)CSc1nc2ncnc(N)c2[nH]1. The topological polar surface area (TPSA) is 110 Å². The number of nitrogens with two attached hydrogens (primary N) is 1. The molecule has 7 nitrogen and oxygen atoms in total. The van der Waals surface area contributed by atoms with Gasteiger partial charge in [-0.2, -0.15) is 0 Å². The molecule has 0 aliphatic carbocycles. The van der Waals surface area contributed by atoms with Gasteiger partial charge in [-0.15, -0.1) is 0 Å². The zero-order valence-electron chi connectivity index (χ0n) is 12.1. The predicted molar refractivity (Wildman–Crippen MR) is 91.6 cm³/mol. The fourth-order valence-electron chi connectivity index (χ4n) is 1.94. The van der Waals surface area contributed by atoms with Gasteiger partial charge in [0.1, 0.15) is 11.8 Å². The van der Waals surface area contributed by atoms with E-state index in [1.807, 2.05) is 13.0 Å². The van der Waals surface area contributed by atoms with Crippen LogP contribution in [0.5, 0.6) is 0 Å². The van der Waals surface area contributed by atoms with Crippen molar-refractivity contribution in [2.75, 3.05) is 16.8 Å². The normalized spacial score (nSPS) is 10.9. The Bertz CT molecular complexity index is 881. The standard InChI is InChI=1S/C14H13ClN6OS/c1-7-2-3-8(15)4-9(7)19-10(22)5-23-14-20-11-12(16)17-6-18-13(11)21-14/h2-4,6H,5H2,1H3,(H,19,22)(H3,16,17,18,20,21). The molecule has 0 aliphatic heterocycles. The van der Waals surface area contributed by atoms with E-state index >= 15 is 0 Å². The average Bonchev–Trinajstić information content (AvgIpc) is 2.94. The van der Waals surface area contributed by atoms with Gasteiger partial charge in [0.15, 0.2) is 16.6 Å². The zero-order chi connectivity index (χ0) is 16.4. The number of nitrogen functional groups attached to an aromatic ring is 1. The molecule has 0 radical (unpaired) electrons. The van der Waals surface area contributed by atoms with E-state index in [-0.39, 0.29) is 11.7 Å². The third-order valence-corrected chi connectivity index (χ3v) is 4.22. The number of carbonyl (C=O) groups excluding carboxylic acids is 1. The summed E-state index contributed by atoms with van der Waals surface area (Å²) in [6.45, 7) is 1.90. The number of halogens is 1. The molecule has 0 aliphatic rings. The number of imidazole rings is 1. The molecule has 0 saturated heterocycles. The molecular formula is C14H13ClN6OS. The number of fused-ring (bicyclic) bond motifs is 1. The fraction of sp³-hybridized carbons (Fsp3) is 0.143. The van der Waals surface area contributed by atoms with E-state index in [2.05, 4.69) is 25.3 Å². The lowest BCUT2D eigenvalue weighted by Crippen LogP contribution is -2.14. The fourth-order valence-corrected chi connectivity index (χ4v) is 2.78. The van der Waals surface area contributed by atoms with Crippen molar-refractivity contribution in [3.63, 3.8) is 0 Å². The Morgan fingerprint density at radius 1 is 1.43 bits per heavy atom. The van der Waals surface area contributed by atoms with Crippen LogP contribution in [0.4, 0.5) is 11.5 Å². The number of H-pyrrole nitrogens is 1. The maximum atomic E-state index is 12.1. The number of nitrogens with one attached hydrogen (secondary N) is 2. The van der Waals surface area contributed by atoms with Gasteiger partial charge < -0.3 is 16.0 Å². The summed E-state index contributed by atoms with van der Waals surface area (Å²) in [6.07, 6.45) is 1.35. The van der Waals surface area contributed by atoms with Crippen molar-refractivity contribution in [3.05, 3.63) is 35.1 Å². The van der Waals surface area contributed by atoms with Gasteiger partial charge in [-0.25, -0.2) is 15.0 Å². The van der Waals surface area contributed by atoms with Crippen LogP contribution in [-0.2, 0) is 4.79 Å². The van der Waals surface area contributed by atoms with Crippen LogP contribution < -0.4 is 11.1 Å². The van der Waals surface area contributed by atoms with E-state index in [1.54, 1.807) is 12.1 Å². The first-order valence-corrected chi connectivity index (χ1v) is 8.04. The molecule has 2 aromatic heterocycles. The first-order valence-electron chi connectivity index (χ1n) is 6.68. The van der Waals surface area contributed by atoms with E-state index in [4.69, 9.17) is 17.3 Å². The summed E-state index contributed by atoms with van der Waals surface area (Å²) in [6, 6.07) is 5.35. The van der Waals surface area contributed by atoms with Gasteiger partial charge in [0.2, 0.25) is 5.91 Å². The molecule has 4 N–H and O–H groups in total. The zero-order valence-corrected chi connectivity index (χ0v) is 13.7. The van der Waals surface area contributed by atoms with Gasteiger partial charge in [-0.3, -0.25) is 4.79 Å². The molecule has 0 fully saturated rings. The molecule has 0 unspecified atom stereocenters. The lowest BCUT2D eigenvalue weighted by atomic mass is 10.2. The molecule has 1 aromatic carbocycles. The lowest BCUT2D eigenvalue weighted by Gasteiger charge is -2.08. The number of amides is 1. The van der Waals surface area contributed by atoms with E-state index in [0.29, 0.717) is 32.8 Å². The van der Waals surface area contributed by atoms with Crippen LogP contribution in [0.3, 0.4) is 0 Å². The molecule has 3 rings (SSSR count). The minimum Gasteiger partial charge on any atom is -0.382 e. The van der Waals surface area contributed by atoms with Crippen molar-refractivity contribution in [2.24, 2.45) is 0 Å². The second kappa shape index (κ2) is 6.43. The van der Waals surface area contributed by atoms with Crippen LogP contribution in [0.1, 0.15) is 5.56 Å². The minimum absolute atomic E-state index is 0.153. The van der Waals surface area contributed by atoms with E-state index in [0.717, 1.165) is 5.56 Å². The number of hydrogen-bond donors (Lipinski definition) is 3. The van der Waals surface area contributed by atoms with Crippen molar-refractivity contribution >= 4 is 51.9 Å². The number of aryl methyl sites for hydroxylation is 1. The molecule has 0 spiro atoms. The highest BCUT2D eigenvalue weighted by atomic mass is 35.5. The first-order chi connectivity index (χ1) is 11.0. The summed E-state index contributed by atoms with van der Waals surface area (Å²) in [5, 5.41) is 3.96. The number of thioether (sulfide) groups is 1. The Labute approximate surface area is 141 Å². The van der Waals surface area contributed by atoms with Crippen molar-refractivity contribution in [1.29, 1.82) is 0 Å². The van der Waals surface area contributed by atoms with E-state index in [1.165, 1.54) is 18.1 Å². The summed E-state index contributed by atoms with van der Waals surface area (Å²) in [5.74, 6) is 0.368. The number of rotatable bonds is 4. The van der Waals surface area contributed by atoms with Crippen LogP contribution in [0.15, 0.2) is 29.7 Å². The summed E-state index contributed by atoms with van der Waals surface area (Å²) in [7, 11) is 0. The molecule has 0 saturated carbocycles. The number of anilines is 2. The predicted octanol–water partition coefficient (Wildman–Crippen LogP) is 2.63. The van der Waals surface area contributed by atoms with Crippen molar-refractivity contribution in [3.8, 4) is 0 Å². The van der Waals surface area contributed by atoms with Crippen molar-refractivity contribution in [1.82, 2.24) is 19.9 Å². The van der Waals surface area contributed by atoms with Crippen LogP contribution >= 0.6 is 23.4 Å². The maximum absolute atomic E-state index is 12.1. The van der Waals surface area contributed by atoms with Crippen LogP contribution in [0.2, 0.25) is 5.02 Å². The molecule has 3 aromatic rings. The number of aromatic nitrogens is 4. The third kappa shape index (κ3) is 3.54. The smallest absolute Gasteiger partial charge is 0.234 e. The second-order valence-electron chi connectivity index (χ2n) is 4.80. The monoisotopic (exact) mass is 348 g/mol. The van der Waals surface area contributed by atoms with Crippen LogP contribution in [0.25, 0.3) is 11.2 Å². The minimum atomic E-state index is -0.153. The number of hydrogen-bond acceptors (Lipinski definition) is 6. The third-order valence-electron chi connectivity index (χ3n) is 3.11. The summed E-state index contributed by atoms with van der Waals surface area (Å²) in [4.78, 5) is 27.2. The molecule has 23 heavy (non-hydrogen) atoms. The Hall–Kier alpha value is -2.32. The van der Waals surface area contributed by atoms with E-state index in [9.17, 15) is 4.79 Å². The van der Waals surface area contributed by atoms with Crippen LogP contribution in [0, 0.1) is 6.92 Å². The largest absolute Gasteiger partial charge is 0.382 e. The highest BCUT2D eigenvalue weighted by molar-refractivity contribution is 7.99. The summed E-state index contributed by atoms with van der Waals surface area (Å²) in [5.41, 5.74) is 8.42. The Morgan fingerprint density at radius 2 is 2.26 bits per heavy atom. The molecule has 9 heteroatoms. The van der Waals surface area contributed by atoms with Crippen molar-refractivity contribution < 1.29 is 4.79 Å².